The van der Waals surface area contributed by atoms with Gasteiger partial charge in [-0.3, -0.25) is 0 Å². The molecule has 3 heteroatoms. The highest BCUT2D eigenvalue weighted by atomic mass is 14.9. The normalized spacial score (nSPS) is 17.2. The van der Waals surface area contributed by atoms with Gasteiger partial charge in [0.15, 0.2) is 0 Å². The van der Waals surface area contributed by atoms with Gasteiger partial charge in [0.05, 0.1) is 11.1 Å². The second-order valence-corrected chi connectivity index (χ2v) is 5.56. The van der Waals surface area contributed by atoms with E-state index in [1.54, 1.807) is 0 Å². The molecule has 1 heterocycles. The van der Waals surface area contributed by atoms with Crippen molar-refractivity contribution in [2.45, 2.75) is 37.6 Å². The Bertz CT molecular complexity index is 559. The van der Waals surface area contributed by atoms with E-state index >= 15 is 0 Å². The predicted molar refractivity (Wildman–Crippen MR) is 80.5 cm³/mol. The Morgan fingerprint density at radius 3 is 2.55 bits per heavy atom. The van der Waals surface area contributed by atoms with Gasteiger partial charge in [0.1, 0.15) is 5.82 Å². The fourth-order valence-electron chi connectivity index (χ4n) is 3.28. The molecular weight excluding hydrogens is 246 g/mol. The van der Waals surface area contributed by atoms with Crippen LogP contribution in [0.25, 0.3) is 0 Å². The molecule has 0 spiro atoms. The van der Waals surface area contributed by atoms with Gasteiger partial charge >= 0.3 is 0 Å². The molecule has 1 fully saturated rings. The summed E-state index contributed by atoms with van der Waals surface area (Å²) in [6, 6.07) is 12.7. The Morgan fingerprint density at radius 2 is 1.85 bits per heavy atom. The fourth-order valence-corrected chi connectivity index (χ4v) is 3.28. The van der Waals surface area contributed by atoms with Crippen LogP contribution in [0.2, 0.25) is 0 Å². The van der Waals surface area contributed by atoms with Crippen molar-refractivity contribution in [2.24, 2.45) is 0 Å². The molecule has 3 rings (SSSR count). The molecule has 1 saturated carbocycles. The quantitative estimate of drug-likeness (QED) is 0.925. The Balaban J connectivity index is 2.05. The van der Waals surface area contributed by atoms with Gasteiger partial charge < -0.3 is 5.32 Å². The van der Waals surface area contributed by atoms with Gasteiger partial charge in [-0.1, -0.05) is 43.2 Å². The first-order chi connectivity index (χ1) is 9.85. The lowest BCUT2D eigenvalue weighted by molar-refractivity contribution is 0.495. The summed E-state index contributed by atoms with van der Waals surface area (Å²) in [5.74, 6) is 0.994. The third-order valence-electron chi connectivity index (χ3n) is 4.28. The van der Waals surface area contributed by atoms with Crippen LogP contribution >= 0.6 is 0 Å². The van der Waals surface area contributed by atoms with Gasteiger partial charge in [-0.2, -0.15) is 0 Å². The molecule has 0 aliphatic heterocycles. The Hall–Kier alpha value is -1.74. The summed E-state index contributed by atoms with van der Waals surface area (Å²) in [4.78, 5) is 9.43. The second kappa shape index (κ2) is 5.71. The van der Waals surface area contributed by atoms with Gasteiger partial charge in [0.2, 0.25) is 0 Å². The van der Waals surface area contributed by atoms with Gasteiger partial charge in [0.25, 0.3) is 0 Å². The van der Waals surface area contributed by atoms with E-state index in [-0.39, 0.29) is 5.41 Å². The topological polar surface area (TPSA) is 37.8 Å². The van der Waals surface area contributed by atoms with Crippen molar-refractivity contribution in [2.75, 3.05) is 7.05 Å². The van der Waals surface area contributed by atoms with Crippen molar-refractivity contribution in [1.82, 2.24) is 15.3 Å². The Morgan fingerprint density at radius 1 is 1.10 bits per heavy atom. The maximum Gasteiger partial charge on any atom is 0.139 e. The molecular formula is C17H21N3. The average molecular weight is 267 g/mol. The molecule has 0 atom stereocenters. The van der Waals surface area contributed by atoms with Crippen molar-refractivity contribution in [3.8, 4) is 0 Å². The highest BCUT2D eigenvalue weighted by molar-refractivity contribution is 5.34. The molecule has 1 aromatic heterocycles. The standard InChI is InChI=1S/C17H21N3/c1-18-13-15-9-12-19-16(20-15)17(10-5-6-11-17)14-7-3-2-4-8-14/h2-4,7-9,12,18H,5-6,10-11,13H2,1H3. The third-order valence-corrected chi connectivity index (χ3v) is 4.28. The minimum absolute atomic E-state index is 0.0189. The molecule has 104 valence electrons. The molecule has 0 amide bonds. The van der Waals surface area contributed by atoms with Crippen LogP contribution in [-0.2, 0) is 12.0 Å². The van der Waals surface area contributed by atoms with Gasteiger partial charge in [-0.15, -0.1) is 0 Å². The lowest BCUT2D eigenvalue weighted by Gasteiger charge is -2.28. The lowest BCUT2D eigenvalue weighted by atomic mass is 9.78. The van der Waals surface area contributed by atoms with Gasteiger partial charge in [0, 0.05) is 12.7 Å². The van der Waals surface area contributed by atoms with E-state index in [0.717, 1.165) is 30.9 Å². The molecule has 20 heavy (non-hydrogen) atoms. The van der Waals surface area contributed by atoms with E-state index in [0.29, 0.717) is 0 Å². The minimum Gasteiger partial charge on any atom is -0.314 e. The summed E-state index contributed by atoms with van der Waals surface area (Å²) in [5, 5.41) is 3.16. The van der Waals surface area contributed by atoms with Crippen molar-refractivity contribution < 1.29 is 0 Å². The SMILES string of the molecule is CNCc1ccnc(C2(c3ccccc3)CCCC2)n1. The monoisotopic (exact) mass is 267 g/mol. The second-order valence-electron chi connectivity index (χ2n) is 5.56. The number of benzene rings is 1. The zero-order valence-electron chi connectivity index (χ0n) is 12.0. The molecule has 0 unspecified atom stereocenters. The molecule has 0 bridgehead atoms. The summed E-state index contributed by atoms with van der Waals surface area (Å²) in [6.45, 7) is 0.792. The molecule has 3 nitrogen and oxygen atoms in total. The fraction of sp³-hybridized carbons (Fsp3) is 0.412. The van der Waals surface area contributed by atoms with Crippen LogP contribution in [0, 0.1) is 0 Å². The first-order valence-electron chi connectivity index (χ1n) is 7.38. The Kier molecular flexibility index (Phi) is 3.79. The molecule has 1 aromatic carbocycles. The number of aromatic nitrogens is 2. The van der Waals surface area contributed by atoms with Crippen LogP contribution in [0.1, 0.15) is 42.8 Å². The van der Waals surface area contributed by atoms with Crippen LogP contribution in [0.3, 0.4) is 0 Å². The Labute approximate surface area is 120 Å². The highest BCUT2D eigenvalue weighted by Gasteiger charge is 2.39. The molecule has 1 aliphatic rings. The number of nitrogens with zero attached hydrogens (tertiary/aromatic N) is 2. The molecule has 1 aliphatic carbocycles. The minimum atomic E-state index is 0.0189. The van der Waals surface area contributed by atoms with E-state index in [1.807, 2.05) is 19.3 Å². The van der Waals surface area contributed by atoms with Crippen LogP contribution in [0.15, 0.2) is 42.6 Å². The summed E-state index contributed by atoms with van der Waals surface area (Å²) < 4.78 is 0. The van der Waals surface area contributed by atoms with E-state index in [1.165, 1.54) is 18.4 Å². The predicted octanol–water partition coefficient (Wildman–Crippen LogP) is 3.06. The largest absolute Gasteiger partial charge is 0.314 e. The maximum absolute atomic E-state index is 4.82. The van der Waals surface area contributed by atoms with Crippen molar-refractivity contribution in [1.29, 1.82) is 0 Å². The molecule has 1 N–H and O–H groups in total. The number of nitrogens with one attached hydrogen (secondary N) is 1. The summed E-state index contributed by atoms with van der Waals surface area (Å²) in [5.41, 5.74) is 2.45. The van der Waals surface area contributed by atoms with Gasteiger partial charge in [-0.25, -0.2) is 9.97 Å². The van der Waals surface area contributed by atoms with Crippen LogP contribution in [0.5, 0.6) is 0 Å². The summed E-state index contributed by atoms with van der Waals surface area (Å²) >= 11 is 0. The van der Waals surface area contributed by atoms with E-state index in [4.69, 9.17) is 4.98 Å². The first-order valence-corrected chi connectivity index (χ1v) is 7.38. The lowest BCUT2D eigenvalue weighted by Crippen LogP contribution is -2.27. The smallest absolute Gasteiger partial charge is 0.139 e. The van der Waals surface area contributed by atoms with Crippen molar-refractivity contribution in [3.63, 3.8) is 0 Å². The molecule has 0 radical (unpaired) electrons. The molecule has 2 aromatic rings. The highest BCUT2D eigenvalue weighted by Crippen LogP contribution is 2.44. The number of hydrogen-bond donors (Lipinski definition) is 1. The third kappa shape index (κ3) is 2.34. The average Bonchev–Trinajstić information content (AvgIpc) is 3.00. The van der Waals surface area contributed by atoms with E-state index in [2.05, 4.69) is 40.6 Å². The zero-order valence-corrected chi connectivity index (χ0v) is 12.0. The van der Waals surface area contributed by atoms with Crippen LogP contribution in [-0.4, -0.2) is 17.0 Å². The molecule has 0 saturated heterocycles. The first kappa shape index (κ1) is 13.3. The van der Waals surface area contributed by atoms with Crippen LogP contribution < -0.4 is 5.32 Å². The van der Waals surface area contributed by atoms with Crippen molar-refractivity contribution >= 4 is 0 Å². The number of rotatable bonds is 4. The number of hydrogen-bond acceptors (Lipinski definition) is 3. The van der Waals surface area contributed by atoms with E-state index in [9.17, 15) is 0 Å². The van der Waals surface area contributed by atoms with E-state index < -0.39 is 0 Å². The van der Waals surface area contributed by atoms with Gasteiger partial charge in [-0.05, 0) is 31.5 Å². The summed E-state index contributed by atoms with van der Waals surface area (Å²) in [6.07, 6.45) is 6.72. The van der Waals surface area contributed by atoms with Crippen LogP contribution in [0.4, 0.5) is 0 Å². The zero-order chi connectivity index (χ0) is 13.8. The van der Waals surface area contributed by atoms with Crippen molar-refractivity contribution in [3.05, 3.63) is 59.7 Å². The summed E-state index contributed by atoms with van der Waals surface area (Å²) in [7, 11) is 1.95. The maximum atomic E-state index is 4.82.